The lowest BCUT2D eigenvalue weighted by Gasteiger charge is -2.30. The van der Waals surface area contributed by atoms with E-state index in [0.29, 0.717) is 13.0 Å². The molecule has 1 saturated heterocycles. The molecule has 0 saturated carbocycles. The van der Waals surface area contributed by atoms with Gasteiger partial charge in [0, 0.05) is 7.05 Å². The van der Waals surface area contributed by atoms with Crippen LogP contribution >= 0.6 is 0 Å². The van der Waals surface area contributed by atoms with Crippen LogP contribution in [-0.4, -0.2) is 43.4 Å². The molecule has 0 aliphatic carbocycles. The van der Waals surface area contributed by atoms with Crippen molar-refractivity contribution < 1.29 is 19.1 Å². The maximum atomic E-state index is 11.6. The van der Waals surface area contributed by atoms with Crippen molar-refractivity contribution >= 4 is 12.0 Å². The third kappa shape index (κ3) is 6.42. The summed E-state index contributed by atoms with van der Waals surface area (Å²) < 4.78 is 10.7. The largest absolute Gasteiger partial charge is 0.444 e. The molecule has 1 fully saturated rings. The second kappa shape index (κ2) is 6.75. The molecular formula is C13H24N2O4. The number of carbonyl (C=O) groups excluding carboxylic acids is 2. The molecule has 1 aliphatic rings. The number of hydrogen-bond donors (Lipinski definition) is 2. The lowest BCUT2D eigenvalue weighted by Crippen LogP contribution is -2.45. The van der Waals surface area contributed by atoms with Gasteiger partial charge in [-0.15, -0.1) is 0 Å². The van der Waals surface area contributed by atoms with Crippen LogP contribution in [-0.2, 0) is 14.3 Å². The fourth-order valence-electron chi connectivity index (χ4n) is 1.86. The molecule has 6 heteroatoms. The Labute approximate surface area is 114 Å². The zero-order valence-corrected chi connectivity index (χ0v) is 12.1. The number of alkyl carbamates (subject to hydrolysis) is 1. The van der Waals surface area contributed by atoms with Crippen LogP contribution in [0.3, 0.4) is 0 Å². The monoisotopic (exact) mass is 272 g/mol. The first-order chi connectivity index (χ1) is 8.80. The van der Waals surface area contributed by atoms with Crippen LogP contribution in [0, 0.1) is 0 Å². The minimum atomic E-state index is -0.499. The summed E-state index contributed by atoms with van der Waals surface area (Å²) >= 11 is 0. The van der Waals surface area contributed by atoms with Crippen LogP contribution in [0.1, 0.15) is 40.0 Å². The minimum Gasteiger partial charge on any atom is -0.444 e. The highest BCUT2D eigenvalue weighted by Gasteiger charge is 2.26. The molecule has 110 valence electrons. The summed E-state index contributed by atoms with van der Waals surface area (Å²) in [5.74, 6) is -0.0245. The highest BCUT2D eigenvalue weighted by Crippen LogP contribution is 2.17. The van der Waals surface area contributed by atoms with E-state index >= 15 is 0 Å². The van der Waals surface area contributed by atoms with E-state index in [1.54, 1.807) is 7.05 Å². The Balaban J connectivity index is 2.26. The summed E-state index contributed by atoms with van der Waals surface area (Å²) in [7, 11) is 1.61. The molecule has 1 heterocycles. The summed E-state index contributed by atoms with van der Waals surface area (Å²) in [4.78, 5) is 22.8. The van der Waals surface area contributed by atoms with Crippen molar-refractivity contribution in [1.82, 2.24) is 10.6 Å². The van der Waals surface area contributed by atoms with E-state index in [9.17, 15) is 9.59 Å². The molecule has 0 aromatic carbocycles. The number of ether oxygens (including phenoxy) is 2. The zero-order chi connectivity index (χ0) is 14.5. The Morgan fingerprint density at radius 1 is 1.32 bits per heavy atom. The SMILES string of the molecule is CNC(=O)C[C@@H]1CC[C@@H](NC(=O)OC(C)(C)C)CO1. The third-order valence-electron chi connectivity index (χ3n) is 2.78. The number of carbonyl (C=O) groups is 2. The van der Waals surface area contributed by atoms with Gasteiger partial charge in [0.25, 0.3) is 0 Å². The smallest absolute Gasteiger partial charge is 0.407 e. The zero-order valence-electron chi connectivity index (χ0n) is 12.1. The molecule has 2 N–H and O–H groups in total. The van der Waals surface area contributed by atoms with Gasteiger partial charge in [-0.05, 0) is 33.6 Å². The highest BCUT2D eigenvalue weighted by molar-refractivity contribution is 5.76. The fraction of sp³-hybridized carbons (Fsp3) is 0.846. The molecule has 0 bridgehead atoms. The first-order valence-corrected chi connectivity index (χ1v) is 6.62. The van der Waals surface area contributed by atoms with E-state index < -0.39 is 11.7 Å². The maximum absolute atomic E-state index is 11.6. The minimum absolute atomic E-state index is 0.0245. The summed E-state index contributed by atoms with van der Waals surface area (Å²) in [5.41, 5.74) is -0.499. The van der Waals surface area contributed by atoms with Crippen molar-refractivity contribution in [3.63, 3.8) is 0 Å². The van der Waals surface area contributed by atoms with Gasteiger partial charge >= 0.3 is 6.09 Å². The molecular weight excluding hydrogens is 248 g/mol. The van der Waals surface area contributed by atoms with Gasteiger partial charge in [0.1, 0.15) is 5.60 Å². The Morgan fingerprint density at radius 2 is 2.00 bits per heavy atom. The summed E-state index contributed by atoms with van der Waals surface area (Å²) in [6.07, 6.45) is 1.44. The number of rotatable bonds is 3. The average Bonchev–Trinajstić information content (AvgIpc) is 2.29. The average molecular weight is 272 g/mol. The van der Waals surface area contributed by atoms with Gasteiger partial charge in [-0.3, -0.25) is 4.79 Å². The van der Waals surface area contributed by atoms with E-state index in [0.717, 1.165) is 12.8 Å². The van der Waals surface area contributed by atoms with Crippen LogP contribution in [0.5, 0.6) is 0 Å². The van der Waals surface area contributed by atoms with Crippen LogP contribution in [0.15, 0.2) is 0 Å². The molecule has 6 nitrogen and oxygen atoms in total. The molecule has 0 unspecified atom stereocenters. The van der Waals surface area contributed by atoms with Crippen LogP contribution in [0.2, 0.25) is 0 Å². The highest BCUT2D eigenvalue weighted by atomic mass is 16.6. The molecule has 2 amide bonds. The van der Waals surface area contributed by atoms with Gasteiger partial charge in [0.15, 0.2) is 0 Å². The second-order valence-corrected chi connectivity index (χ2v) is 5.75. The fourth-order valence-corrected chi connectivity index (χ4v) is 1.86. The predicted octanol–water partition coefficient (Wildman–Crippen LogP) is 1.19. The van der Waals surface area contributed by atoms with Crippen LogP contribution in [0.4, 0.5) is 4.79 Å². The Bertz CT molecular complexity index is 317. The van der Waals surface area contributed by atoms with Crippen molar-refractivity contribution in [2.75, 3.05) is 13.7 Å². The molecule has 1 aliphatic heterocycles. The quantitative estimate of drug-likeness (QED) is 0.809. The van der Waals surface area contributed by atoms with Crippen molar-refractivity contribution in [2.45, 2.75) is 57.8 Å². The van der Waals surface area contributed by atoms with E-state index in [1.807, 2.05) is 20.8 Å². The first-order valence-electron chi connectivity index (χ1n) is 6.62. The lowest BCUT2D eigenvalue weighted by atomic mass is 10.0. The standard InChI is InChI=1S/C13H24N2O4/c1-13(2,3)19-12(17)15-9-5-6-10(18-8-9)7-11(16)14-4/h9-10H,5-8H2,1-4H3,(H,14,16)(H,15,17)/t9-,10+/m1/s1. The molecule has 19 heavy (non-hydrogen) atoms. The first kappa shape index (κ1) is 15.8. The van der Waals surface area contributed by atoms with Gasteiger partial charge in [0.2, 0.25) is 5.91 Å². The van der Waals surface area contributed by atoms with Gasteiger partial charge in [0.05, 0.1) is 25.2 Å². The number of amides is 2. The van der Waals surface area contributed by atoms with Crippen LogP contribution in [0.25, 0.3) is 0 Å². The Kier molecular flexibility index (Phi) is 5.60. The number of hydrogen-bond acceptors (Lipinski definition) is 4. The van der Waals surface area contributed by atoms with Gasteiger partial charge in [-0.1, -0.05) is 0 Å². The third-order valence-corrected chi connectivity index (χ3v) is 2.78. The van der Waals surface area contributed by atoms with E-state index in [-0.39, 0.29) is 18.1 Å². The van der Waals surface area contributed by atoms with Crippen LogP contribution < -0.4 is 10.6 Å². The van der Waals surface area contributed by atoms with Crippen molar-refractivity contribution in [2.24, 2.45) is 0 Å². The van der Waals surface area contributed by atoms with Gasteiger partial charge < -0.3 is 20.1 Å². The van der Waals surface area contributed by atoms with Crippen molar-refractivity contribution in [3.8, 4) is 0 Å². The molecule has 2 atom stereocenters. The predicted molar refractivity (Wildman–Crippen MR) is 70.8 cm³/mol. The number of nitrogens with one attached hydrogen (secondary N) is 2. The summed E-state index contributed by atoms with van der Waals surface area (Å²) in [6.45, 7) is 5.89. The summed E-state index contributed by atoms with van der Waals surface area (Å²) in [6, 6.07) is -0.0456. The van der Waals surface area contributed by atoms with Gasteiger partial charge in [-0.2, -0.15) is 0 Å². The summed E-state index contributed by atoms with van der Waals surface area (Å²) in [5, 5.41) is 5.35. The van der Waals surface area contributed by atoms with E-state index in [1.165, 1.54) is 0 Å². The molecule has 0 radical (unpaired) electrons. The van der Waals surface area contributed by atoms with E-state index in [4.69, 9.17) is 9.47 Å². The normalized spacial score (nSPS) is 23.6. The van der Waals surface area contributed by atoms with E-state index in [2.05, 4.69) is 10.6 Å². The molecule has 1 rings (SSSR count). The van der Waals surface area contributed by atoms with Crippen molar-refractivity contribution in [3.05, 3.63) is 0 Å². The Hall–Kier alpha value is -1.30. The molecule has 0 spiro atoms. The maximum Gasteiger partial charge on any atom is 0.407 e. The van der Waals surface area contributed by atoms with Crippen molar-refractivity contribution in [1.29, 1.82) is 0 Å². The van der Waals surface area contributed by atoms with Gasteiger partial charge in [-0.25, -0.2) is 4.79 Å². The topological polar surface area (TPSA) is 76.7 Å². The Morgan fingerprint density at radius 3 is 2.47 bits per heavy atom. The molecule has 0 aromatic rings. The lowest BCUT2D eigenvalue weighted by molar-refractivity contribution is -0.124. The second-order valence-electron chi connectivity index (χ2n) is 5.75. The molecule has 0 aromatic heterocycles.